The van der Waals surface area contributed by atoms with Gasteiger partial charge >= 0.3 is 0 Å². The zero-order valence-electron chi connectivity index (χ0n) is 10.7. The maximum atomic E-state index is 12.3. The molecule has 1 aliphatic heterocycles. The van der Waals surface area contributed by atoms with Gasteiger partial charge in [0.2, 0.25) is 0 Å². The van der Waals surface area contributed by atoms with E-state index in [1.165, 1.54) is 0 Å². The van der Waals surface area contributed by atoms with Crippen LogP contribution in [-0.4, -0.2) is 60.4 Å². The van der Waals surface area contributed by atoms with E-state index in [2.05, 4.69) is 41.2 Å². The summed E-state index contributed by atoms with van der Waals surface area (Å²) in [5.41, 5.74) is 0. The number of likely N-dealkylation sites (tertiary alicyclic amines) is 1. The minimum Gasteiger partial charge on any atom is -0.444 e. The molecule has 0 N–H and O–H groups in total. The molecule has 1 fully saturated rings. The molecule has 0 radical (unpaired) electrons. The Morgan fingerprint density at radius 2 is 2.22 bits per heavy atom. The van der Waals surface area contributed by atoms with Crippen LogP contribution in [0, 0.1) is 0 Å². The lowest BCUT2D eigenvalue weighted by molar-refractivity contribution is 0.0750. The number of halogens is 1. The van der Waals surface area contributed by atoms with Crippen molar-refractivity contribution < 1.29 is 9.21 Å². The van der Waals surface area contributed by atoms with Gasteiger partial charge < -0.3 is 14.2 Å². The largest absolute Gasteiger partial charge is 0.444 e. The van der Waals surface area contributed by atoms with Gasteiger partial charge in [-0.3, -0.25) is 4.79 Å². The van der Waals surface area contributed by atoms with Crippen LogP contribution >= 0.6 is 27.7 Å². The Kier molecular flexibility index (Phi) is 4.40. The van der Waals surface area contributed by atoms with Crippen molar-refractivity contribution in [2.75, 3.05) is 33.4 Å². The second-order valence-corrected chi connectivity index (χ2v) is 6.48. The molecule has 2 rings (SSSR count). The highest BCUT2D eigenvalue weighted by Crippen LogP contribution is 2.26. The molecule has 100 valence electrons. The van der Waals surface area contributed by atoms with E-state index >= 15 is 0 Å². The summed E-state index contributed by atoms with van der Waals surface area (Å²) in [5.74, 6) is 0.380. The topological polar surface area (TPSA) is 36.7 Å². The van der Waals surface area contributed by atoms with Gasteiger partial charge in [-0.05, 0) is 48.4 Å². The summed E-state index contributed by atoms with van der Waals surface area (Å²) in [5, 5.41) is 0.461. The van der Waals surface area contributed by atoms with Crippen molar-refractivity contribution in [2.45, 2.75) is 11.3 Å². The molecule has 2 heterocycles. The Morgan fingerprint density at radius 1 is 1.50 bits per heavy atom. The predicted octanol–water partition coefficient (Wildman–Crippen LogP) is 2.16. The van der Waals surface area contributed by atoms with E-state index in [1.807, 2.05) is 16.7 Å². The van der Waals surface area contributed by atoms with Crippen LogP contribution in [0.25, 0.3) is 0 Å². The van der Waals surface area contributed by atoms with Crippen LogP contribution in [0.3, 0.4) is 0 Å². The normalized spacial score (nSPS) is 23.9. The fourth-order valence-electron chi connectivity index (χ4n) is 2.24. The van der Waals surface area contributed by atoms with Crippen molar-refractivity contribution in [2.24, 2.45) is 0 Å². The molecule has 6 heteroatoms. The number of hydrogen-bond donors (Lipinski definition) is 0. The van der Waals surface area contributed by atoms with Gasteiger partial charge in [-0.15, -0.1) is 0 Å². The molecule has 0 aromatic carbocycles. The number of furan rings is 1. The van der Waals surface area contributed by atoms with E-state index in [1.54, 1.807) is 12.1 Å². The number of amides is 1. The standard InChI is InChI=1S/C12H17BrN2O2S/c1-14(2)8-6-15(7-10(8)18-3)12(16)9-4-5-11(13)17-9/h4-5,8,10H,6-7H2,1-3H3/t8-,10+/m0/s1. The van der Waals surface area contributed by atoms with Crippen molar-refractivity contribution in [1.82, 2.24) is 9.80 Å². The number of nitrogens with zero attached hydrogens (tertiary/aromatic N) is 2. The van der Waals surface area contributed by atoms with E-state index in [0.29, 0.717) is 21.7 Å². The van der Waals surface area contributed by atoms with Gasteiger partial charge in [0, 0.05) is 24.4 Å². The fraction of sp³-hybridized carbons (Fsp3) is 0.583. The van der Waals surface area contributed by atoms with Gasteiger partial charge in [-0.25, -0.2) is 0 Å². The van der Waals surface area contributed by atoms with Gasteiger partial charge in [-0.1, -0.05) is 0 Å². The van der Waals surface area contributed by atoms with Crippen LogP contribution in [0.2, 0.25) is 0 Å². The molecular formula is C12H17BrN2O2S. The molecule has 1 aromatic heterocycles. The summed E-state index contributed by atoms with van der Waals surface area (Å²) >= 11 is 5.03. The highest BCUT2D eigenvalue weighted by Gasteiger charge is 2.37. The SMILES string of the molecule is CS[C@@H]1CN(C(=O)c2ccc(Br)o2)C[C@@H]1N(C)C. The van der Waals surface area contributed by atoms with Crippen molar-refractivity contribution in [3.05, 3.63) is 22.6 Å². The number of rotatable bonds is 3. The molecule has 1 saturated heterocycles. The van der Waals surface area contributed by atoms with Crippen LogP contribution in [-0.2, 0) is 0 Å². The second-order valence-electron chi connectivity index (χ2n) is 4.62. The van der Waals surface area contributed by atoms with Gasteiger partial charge in [0.25, 0.3) is 5.91 Å². The Bertz CT molecular complexity index is 435. The van der Waals surface area contributed by atoms with Gasteiger partial charge in [-0.2, -0.15) is 11.8 Å². The Labute approximate surface area is 120 Å². The van der Waals surface area contributed by atoms with Crippen molar-refractivity contribution >= 4 is 33.6 Å². The van der Waals surface area contributed by atoms with Gasteiger partial charge in [0.15, 0.2) is 10.4 Å². The third kappa shape index (κ3) is 2.75. The summed E-state index contributed by atoms with van der Waals surface area (Å²) in [6.07, 6.45) is 2.10. The van der Waals surface area contributed by atoms with Crippen molar-refractivity contribution in [3.8, 4) is 0 Å². The first kappa shape index (κ1) is 14.0. The summed E-state index contributed by atoms with van der Waals surface area (Å²) in [7, 11) is 4.12. The smallest absolute Gasteiger partial charge is 0.289 e. The molecule has 0 bridgehead atoms. The number of likely N-dealkylation sites (N-methyl/N-ethyl adjacent to an activating group) is 1. The summed E-state index contributed by atoms with van der Waals surface area (Å²) in [6.45, 7) is 1.54. The van der Waals surface area contributed by atoms with E-state index in [-0.39, 0.29) is 5.91 Å². The Balaban J connectivity index is 2.09. The van der Waals surface area contributed by atoms with Crippen LogP contribution < -0.4 is 0 Å². The lowest BCUT2D eigenvalue weighted by Gasteiger charge is -2.23. The van der Waals surface area contributed by atoms with E-state index in [9.17, 15) is 4.79 Å². The first-order valence-electron chi connectivity index (χ1n) is 5.76. The minimum absolute atomic E-state index is 0.0240. The van der Waals surface area contributed by atoms with Crippen molar-refractivity contribution in [3.63, 3.8) is 0 Å². The quantitative estimate of drug-likeness (QED) is 0.849. The monoisotopic (exact) mass is 332 g/mol. The summed E-state index contributed by atoms with van der Waals surface area (Å²) < 4.78 is 5.92. The third-order valence-corrected chi connectivity index (χ3v) is 4.77. The predicted molar refractivity (Wildman–Crippen MR) is 77.1 cm³/mol. The summed E-state index contributed by atoms with van der Waals surface area (Å²) in [6, 6.07) is 3.87. The average molecular weight is 333 g/mol. The van der Waals surface area contributed by atoms with Crippen LogP contribution in [0.5, 0.6) is 0 Å². The molecule has 4 nitrogen and oxygen atoms in total. The van der Waals surface area contributed by atoms with Crippen LogP contribution in [0.4, 0.5) is 0 Å². The lowest BCUT2D eigenvalue weighted by Crippen LogP contribution is -2.37. The maximum absolute atomic E-state index is 12.3. The molecule has 1 amide bonds. The van der Waals surface area contributed by atoms with Crippen LogP contribution in [0.1, 0.15) is 10.6 Å². The first-order valence-corrected chi connectivity index (χ1v) is 7.85. The van der Waals surface area contributed by atoms with E-state index < -0.39 is 0 Å². The zero-order chi connectivity index (χ0) is 13.3. The highest BCUT2D eigenvalue weighted by molar-refractivity contribution is 9.10. The first-order chi connectivity index (χ1) is 8.52. The molecule has 18 heavy (non-hydrogen) atoms. The second kappa shape index (κ2) is 5.67. The number of carbonyl (C=O) groups is 1. The molecule has 0 unspecified atom stereocenters. The van der Waals surface area contributed by atoms with Crippen LogP contribution in [0.15, 0.2) is 21.2 Å². The van der Waals surface area contributed by atoms with Gasteiger partial charge in [0.05, 0.1) is 0 Å². The summed E-state index contributed by atoms with van der Waals surface area (Å²) in [4.78, 5) is 16.3. The molecular weight excluding hydrogens is 316 g/mol. The molecule has 1 aliphatic rings. The molecule has 0 spiro atoms. The Morgan fingerprint density at radius 3 is 2.67 bits per heavy atom. The zero-order valence-corrected chi connectivity index (χ0v) is 13.1. The minimum atomic E-state index is -0.0240. The van der Waals surface area contributed by atoms with Crippen molar-refractivity contribution in [1.29, 1.82) is 0 Å². The fourth-order valence-corrected chi connectivity index (χ4v) is 3.51. The Hall–Kier alpha value is -0.460. The molecule has 2 atom stereocenters. The van der Waals surface area contributed by atoms with E-state index in [0.717, 1.165) is 13.1 Å². The molecule has 1 aromatic rings. The number of thioether (sulfide) groups is 1. The maximum Gasteiger partial charge on any atom is 0.289 e. The third-order valence-electron chi connectivity index (χ3n) is 3.27. The molecule has 0 aliphatic carbocycles. The average Bonchev–Trinajstić information content (AvgIpc) is 2.93. The van der Waals surface area contributed by atoms with Gasteiger partial charge in [0.1, 0.15) is 0 Å². The number of hydrogen-bond acceptors (Lipinski definition) is 4. The molecule has 0 saturated carbocycles. The van der Waals surface area contributed by atoms with E-state index in [4.69, 9.17) is 4.42 Å². The number of carbonyl (C=O) groups excluding carboxylic acids is 1. The highest BCUT2D eigenvalue weighted by atomic mass is 79.9. The lowest BCUT2D eigenvalue weighted by atomic mass is 10.2.